The van der Waals surface area contributed by atoms with Crippen molar-refractivity contribution < 1.29 is 9.53 Å². The van der Waals surface area contributed by atoms with Crippen LogP contribution in [0.5, 0.6) is 5.75 Å². The highest BCUT2D eigenvalue weighted by atomic mass is 35.5. The third kappa shape index (κ3) is 3.62. The average Bonchev–Trinajstić information content (AvgIpc) is 2.56. The first kappa shape index (κ1) is 16.2. The number of ether oxygens (including phenoxy) is 1. The van der Waals surface area contributed by atoms with Gasteiger partial charge in [0.2, 0.25) is 0 Å². The van der Waals surface area contributed by atoms with Crippen LogP contribution in [0.1, 0.15) is 18.1 Å². The Kier molecular flexibility index (Phi) is 4.79. The predicted molar refractivity (Wildman–Crippen MR) is 92.1 cm³/mol. The van der Waals surface area contributed by atoms with Gasteiger partial charge in [0, 0.05) is 18.1 Å². The summed E-state index contributed by atoms with van der Waals surface area (Å²) >= 11 is 12.0. The standard InChI is InChI=1S/C18H17Cl2NO2/c1-12(23-17-7-6-15(19)10-16(17)20)18(22)21-9-8-13-4-2-3-5-14(13)11-21/h2-7,10,12H,8-9,11H2,1H3. The monoisotopic (exact) mass is 349 g/mol. The summed E-state index contributed by atoms with van der Waals surface area (Å²) in [6.45, 7) is 3.07. The third-order valence-corrected chi connectivity index (χ3v) is 4.52. The highest BCUT2D eigenvalue weighted by Crippen LogP contribution is 2.29. The number of fused-ring (bicyclic) bond motifs is 1. The van der Waals surface area contributed by atoms with Gasteiger partial charge in [-0.2, -0.15) is 0 Å². The van der Waals surface area contributed by atoms with Gasteiger partial charge in [0.15, 0.2) is 6.10 Å². The number of benzene rings is 2. The lowest BCUT2D eigenvalue weighted by Gasteiger charge is -2.31. The molecule has 0 radical (unpaired) electrons. The number of halogens is 2. The Morgan fingerprint density at radius 1 is 1.17 bits per heavy atom. The maximum Gasteiger partial charge on any atom is 0.263 e. The van der Waals surface area contributed by atoms with Gasteiger partial charge in [0.05, 0.1) is 5.02 Å². The van der Waals surface area contributed by atoms with Crippen molar-refractivity contribution >= 4 is 29.1 Å². The molecule has 0 aliphatic carbocycles. The highest BCUT2D eigenvalue weighted by molar-refractivity contribution is 6.35. The van der Waals surface area contributed by atoms with E-state index in [4.69, 9.17) is 27.9 Å². The lowest BCUT2D eigenvalue weighted by molar-refractivity contribution is -0.138. The zero-order chi connectivity index (χ0) is 16.4. The molecule has 1 aliphatic rings. The lowest BCUT2D eigenvalue weighted by atomic mass is 9.99. The van der Waals surface area contributed by atoms with Gasteiger partial charge in [0.25, 0.3) is 5.91 Å². The molecule has 0 fully saturated rings. The van der Waals surface area contributed by atoms with Crippen molar-refractivity contribution in [2.45, 2.75) is 26.0 Å². The Balaban J connectivity index is 1.68. The second-order valence-electron chi connectivity index (χ2n) is 5.61. The Labute approximate surface area is 145 Å². The van der Waals surface area contributed by atoms with Crippen molar-refractivity contribution in [3.8, 4) is 5.75 Å². The predicted octanol–water partition coefficient (Wildman–Crippen LogP) is 4.35. The number of nitrogens with zero attached hydrogens (tertiary/aromatic N) is 1. The summed E-state index contributed by atoms with van der Waals surface area (Å²) in [4.78, 5) is 14.5. The first-order chi connectivity index (χ1) is 11.0. The molecule has 0 spiro atoms. The summed E-state index contributed by atoms with van der Waals surface area (Å²) in [5, 5.41) is 0.940. The van der Waals surface area contributed by atoms with Crippen LogP contribution in [0.2, 0.25) is 10.0 Å². The van der Waals surface area contributed by atoms with Gasteiger partial charge >= 0.3 is 0 Å². The van der Waals surface area contributed by atoms with Crippen molar-refractivity contribution in [1.82, 2.24) is 4.90 Å². The first-order valence-electron chi connectivity index (χ1n) is 7.52. The van der Waals surface area contributed by atoms with E-state index in [1.807, 2.05) is 17.0 Å². The van der Waals surface area contributed by atoms with Crippen LogP contribution in [-0.2, 0) is 17.8 Å². The molecular formula is C18H17Cl2NO2. The Bertz CT molecular complexity index is 733. The van der Waals surface area contributed by atoms with Gasteiger partial charge in [-0.25, -0.2) is 0 Å². The fraction of sp³-hybridized carbons (Fsp3) is 0.278. The third-order valence-electron chi connectivity index (χ3n) is 3.99. The molecule has 2 aromatic carbocycles. The minimum atomic E-state index is -0.598. The molecule has 0 saturated heterocycles. The van der Waals surface area contributed by atoms with Crippen molar-refractivity contribution in [2.24, 2.45) is 0 Å². The topological polar surface area (TPSA) is 29.5 Å². The molecular weight excluding hydrogens is 333 g/mol. The molecule has 0 N–H and O–H groups in total. The van der Waals surface area contributed by atoms with E-state index in [1.54, 1.807) is 25.1 Å². The van der Waals surface area contributed by atoms with E-state index >= 15 is 0 Å². The average molecular weight is 350 g/mol. The fourth-order valence-electron chi connectivity index (χ4n) is 2.75. The van der Waals surface area contributed by atoms with Crippen molar-refractivity contribution in [1.29, 1.82) is 0 Å². The van der Waals surface area contributed by atoms with Crippen LogP contribution in [0.25, 0.3) is 0 Å². The van der Waals surface area contributed by atoms with Crippen LogP contribution in [0.4, 0.5) is 0 Å². The molecule has 23 heavy (non-hydrogen) atoms. The van der Waals surface area contributed by atoms with E-state index in [1.165, 1.54) is 11.1 Å². The quantitative estimate of drug-likeness (QED) is 0.824. The molecule has 0 saturated carbocycles. The van der Waals surface area contributed by atoms with Gasteiger partial charge in [0.1, 0.15) is 5.75 Å². The van der Waals surface area contributed by atoms with Crippen LogP contribution < -0.4 is 4.74 Å². The second-order valence-corrected chi connectivity index (χ2v) is 6.46. The number of carbonyl (C=O) groups excluding carboxylic acids is 1. The molecule has 3 nitrogen and oxygen atoms in total. The summed E-state index contributed by atoms with van der Waals surface area (Å²) in [5.41, 5.74) is 2.51. The minimum Gasteiger partial charge on any atom is -0.479 e. The Morgan fingerprint density at radius 2 is 1.91 bits per heavy atom. The second kappa shape index (κ2) is 6.81. The maximum absolute atomic E-state index is 12.6. The zero-order valence-corrected chi connectivity index (χ0v) is 14.3. The number of hydrogen-bond donors (Lipinski definition) is 0. The molecule has 1 unspecified atom stereocenters. The van der Waals surface area contributed by atoms with Gasteiger partial charge in [-0.3, -0.25) is 4.79 Å². The molecule has 1 atom stereocenters. The van der Waals surface area contributed by atoms with Crippen LogP contribution in [0.15, 0.2) is 42.5 Å². The molecule has 120 valence electrons. The molecule has 1 aliphatic heterocycles. The van der Waals surface area contributed by atoms with Gasteiger partial charge in [-0.05, 0) is 42.7 Å². The highest BCUT2D eigenvalue weighted by Gasteiger charge is 2.26. The smallest absolute Gasteiger partial charge is 0.263 e. The van der Waals surface area contributed by atoms with Crippen LogP contribution in [0, 0.1) is 0 Å². The molecule has 1 heterocycles. The summed E-state index contributed by atoms with van der Waals surface area (Å²) in [5.74, 6) is 0.430. The van der Waals surface area contributed by atoms with Crippen LogP contribution in [-0.4, -0.2) is 23.5 Å². The van der Waals surface area contributed by atoms with Crippen molar-refractivity contribution in [3.05, 3.63) is 63.6 Å². The van der Waals surface area contributed by atoms with Gasteiger partial charge < -0.3 is 9.64 Å². The summed E-state index contributed by atoms with van der Waals surface area (Å²) in [6.07, 6.45) is 0.273. The molecule has 0 bridgehead atoms. The molecule has 3 rings (SSSR count). The van der Waals surface area contributed by atoms with Crippen LogP contribution >= 0.6 is 23.2 Å². The first-order valence-corrected chi connectivity index (χ1v) is 8.27. The summed E-state index contributed by atoms with van der Waals surface area (Å²) < 4.78 is 5.72. The normalized spacial score (nSPS) is 15.0. The fourth-order valence-corrected chi connectivity index (χ4v) is 3.21. The number of rotatable bonds is 3. The zero-order valence-electron chi connectivity index (χ0n) is 12.8. The number of amides is 1. The van der Waals surface area contributed by atoms with E-state index in [0.29, 0.717) is 28.9 Å². The van der Waals surface area contributed by atoms with Gasteiger partial charge in [-0.1, -0.05) is 47.5 Å². The Morgan fingerprint density at radius 3 is 2.65 bits per heavy atom. The number of carbonyl (C=O) groups is 1. The minimum absolute atomic E-state index is 0.0366. The molecule has 1 amide bonds. The lowest BCUT2D eigenvalue weighted by Crippen LogP contribution is -2.43. The van der Waals surface area contributed by atoms with E-state index in [2.05, 4.69) is 12.1 Å². The summed E-state index contributed by atoms with van der Waals surface area (Å²) in [6, 6.07) is 13.2. The summed E-state index contributed by atoms with van der Waals surface area (Å²) in [7, 11) is 0. The van der Waals surface area contributed by atoms with E-state index in [-0.39, 0.29) is 5.91 Å². The van der Waals surface area contributed by atoms with Crippen molar-refractivity contribution in [2.75, 3.05) is 6.54 Å². The molecule has 5 heteroatoms. The maximum atomic E-state index is 12.6. The van der Waals surface area contributed by atoms with E-state index < -0.39 is 6.10 Å². The number of hydrogen-bond acceptors (Lipinski definition) is 2. The molecule has 0 aromatic heterocycles. The molecule has 2 aromatic rings. The SMILES string of the molecule is CC(Oc1ccc(Cl)cc1Cl)C(=O)N1CCc2ccccc2C1. The largest absolute Gasteiger partial charge is 0.479 e. The van der Waals surface area contributed by atoms with E-state index in [0.717, 1.165) is 6.42 Å². The van der Waals surface area contributed by atoms with Crippen molar-refractivity contribution in [3.63, 3.8) is 0 Å². The van der Waals surface area contributed by atoms with E-state index in [9.17, 15) is 4.79 Å². The van der Waals surface area contributed by atoms with Gasteiger partial charge in [-0.15, -0.1) is 0 Å². The Hall–Kier alpha value is -1.71. The van der Waals surface area contributed by atoms with Crippen LogP contribution in [0.3, 0.4) is 0 Å².